The van der Waals surface area contributed by atoms with E-state index in [0.29, 0.717) is 12.2 Å². The summed E-state index contributed by atoms with van der Waals surface area (Å²) in [5, 5.41) is 3.40. The Morgan fingerprint density at radius 2 is 1.96 bits per heavy atom. The minimum Gasteiger partial charge on any atom is -0.364 e. The molecule has 0 aromatic carbocycles. The number of H-pyrrole nitrogens is 1. The molecule has 0 saturated heterocycles. The van der Waals surface area contributed by atoms with Crippen molar-refractivity contribution in [1.29, 1.82) is 0 Å². The van der Waals surface area contributed by atoms with Gasteiger partial charge in [-0.15, -0.1) is 0 Å². The Bertz CT molecular complexity index is 1190. The van der Waals surface area contributed by atoms with Gasteiger partial charge in [-0.3, -0.25) is 4.98 Å². The summed E-state index contributed by atoms with van der Waals surface area (Å²) in [6.07, 6.45) is 7.01. The van der Waals surface area contributed by atoms with Crippen LogP contribution in [0, 0.1) is 0 Å². The molecule has 0 bridgehead atoms. The van der Waals surface area contributed by atoms with Crippen LogP contribution in [0.2, 0.25) is 0 Å². The molecule has 5 aromatic heterocycles. The predicted octanol–water partition coefficient (Wildman–Crippen LogP) is 3.28. The van der Waals surface area contributed by atoms with Crippen molar-refractivity contribution in [3.8, 4) is 11.4 Å². The number of hydrogen-bond donors (Lipinski definition) is 2. The molecule has 0 spiro atoms. The maximum absolute atomic E-state index is 4.54. The van der Waals surface area contributed by atoms with E-state index in [1.54, 1.807) is 6.33 Å². The molecule has 7 nitrogen and oxygen atoms in total. The summed E-state index contributed by atoms with van der Waals surface area (Å²) in [4.78, 5) is 20.3. The standard InChI is InChI=1S/C19H15N7/c1-3-7-20-15(6-1)17-13(9-14-5-2-4-8-26(14)17)10-21-18-16-19(23-11-22-16)25-12-24-18/h1-9,11-12H,10H2,(H2,21,22,23,24,25). The van der Waals surface area contributed by atoms with Crippen LogP contribution < -0.4 is 5.32 Å². The lowest BCUT2D eigenvalue weighted by Crippen LogP contribution is -2.04. The number of anilines is 1. The van der Waals surface area contributed by atoms with Gasteiger partial charge in [0.2, 0.25) is 0 Å². The molecule has 0 amide bonds. The van der Waals surface area contributed by atoms with Crippen molar-refractivity contribution in [3.05, 3.63) is 73.1 Å². The van der Waals surface area contributed by atoms with Gasteiger partial charge in [-0.1, -0.05) is 12.1 Å². The van der Waals surface area contributed by atoms with Crippen molar-refractivity contribution < 1.29 is 0 Å². The van der Waals surface area contributed by atoms with Crippen LogP contribution in [0.5, 0.6) is 0 Å². The van der Waals surface area contributed by atoms with E-state index in [4.69, 9.17) is 0 Å². The molecule has 0 aliphatic carbocycles. The van der Waals surface area contributed by atoms with E-state index in [2.05, 4.69) is 53.0 Å². The first-order valence-electron chi connectivity index (χ1n) is 8.28. The number of pyridine rings is 2. The molecule has 5 heterocycles. The summed E-state index contributed by atoms with van der Waals surface area (Å²) in [5.41, 5.74) is 5.72. The Balaban J connectivity index is 1.58. The monoisotopic (exact) mass is 341 g/mol. The summed E-state index contributed by atoms with van der Waals surface area (Å²) in [5.74, 6) is 0.731. The van der Waals surface area contributed by atoms with Gasteiger partial charge in [-0.25, -0.2) is 15.0 Å². The maximum atomic E-state index is 4.54. The van der Waals surface area contributed by atoms with E-state index in [-0.39, 0.29) is 0 Å². The van der Waals surface area contributed by atoms with Crippen LogP contribution in [0.15, 0.2) is 67.5 Å². The Morgan fingerprint density at radius 3 is 2.88 bits per heavy atom. The van der Waals surface area contributed by atoms with Crippen LogP contribution in [-0.4, -0.2) is 29.3 Å². The van der Waals surface area contributed by atoms with Gasteiger partial charge in [0.1, 0.15) is 11.8 Å². The van der Waals surface area contributed by atoms with Crippen molar-refractivity contribution in [2.45, 2.75) is 6.54 Å². The van der Waals surface area contributed by atoms with E-state index < -0.39 is 0 Å². The molecule has 5 rings (SSSR count). The summed E-state index contributed by atoms with van der Waals surface area (Å²) in [6.45, 7) is 0.610. The van der Waals surface area contributed by atoms with Gasteiger partial charge in [-0.2, -0.15) is 0 Å². The molecule has 2 N–H and O–H groups in total. The summed E-state index contributed by atoms with van der Waals surface area (Å²) in [7, 11) is 0. The largest absolute Gasteiger partial charge is 0.364 e. The first kappa shape index (κ1) is 14.6. The normalized spacial score (nSPS) is 11.2. The lowest BCUT2D eigenvalue weighted by Gasteiger charge is -2.08. The number of hydrogen-bond acceptors (Lipinski definition) is 5. The summed E-state index contributed by atoms with van der Waals surface area (Å²) < 4.78 is 2.16. The Labute approximate surface area is 148 Å². The average Bonchev–Trinajstić information content (AvgIpc) is 3.31. The molecule has 126 valence electrons. The zero-order valence-corrected chi connectivity index (χ0v) is 13.8. The zero-order valence-electron chi connectivity index (χ0n) is 13.8. The number of imidazole rings is 1. The van der Waals surface area contributed by atoms with Crippen LogP contribution in [0.1, 0.15) is 5.56 Å². The fourth-order valence-electron chi connectivity index (χ4n) is 3.18. The van der Waals surface area contributed by atoms with Crippen molar-refractivity contribution in [2.75, 3.05) is 5.32 Å². The second-order valence-corrected chi connectivity index (χ2v) is 5.91. The molecule has 26 heavy (non-hydrogen) atoms. The molecular weight excluding hydrogens is 326 g/mol. The van der Waals surface area contributed by atoms with Gasteiger partial charge in [-0.05, 0) is 35.9 Å². The first-order valence-corrected chi connectivity index (χ1v) is 8.28. The van der Waals surface area contributed by atoms with Crippen molar-refractivity contribution in [2.24, 2.45) is 0 Å². The van der Waals surface area contributed by atoms with E-state index in [0.717, 1.165) is 33.8 Å². The van der Waals surface area contributed by atoms with Crippen molar-refractivity contribution in [3.63, 3.8) is 0 Å². The van der Waals surface area contributed by atoms with Crippen LogP contribution in [0.25, 0.3) is 28.1 Å². The van der Waals surface area contributed by atoms with E-state index in [1.165, 1.54) is 6.33 Å². The number of aromatic nitrogens is 6. The summed E-state index contributed by atoms with van der Waals surface area (Å²) >= 11 is 0. The molecular formula is C19H15N7. The maximum Gasteiger partial charge on any atom is 0.182 e. The fourth-order valence-corrected chi connectivity index (χ4v) is 3.18. The number of rotatable bonds is 4. The van der Waals surface area contributed by atoms with Crippen molar-refractivity contribution in [1.82, 2.24) is 29.3 Å². The van der Waals surface area contributed by atoms with E-state index >= 15 is 0 Å². The Hall–Kier alpha value is -3.74. The molecule has 5 aromatic rings. The van der Waals surface area contributed by atoms with Gasteiger partial charge in [0, 0.05) is 24.5 Å². The Kier molecular flexibility index (Phi) is 3.35. The highest BCUT2D eigenvalue weighted by Crippen LogP contribution is 2.27. The minimum atomic E-state index is 0.610. The van der Waals surface area contributed by atoms with Crippen LogP contribution >= 0.6 is 0 Å². The molecule has 7 heteroatoms. The topological polar surface area (TPSA) is 83.8 Å². The lowest BCUT2D eigenvalue weighted by atomic mass is 10.1. The molecule has 0 atom stereocenters. The van der Waals surface area contributed by atoms with Gasteiger partial charge < -0.3 is 14.7 Å². The average molecular weight is 341 g/mol. The quantitative estimate of drug-likeness (QED) is 0.524. The second kappa shape index (κ2) is 5.96. The van der Waals surface area contributed by atoms with E-state index in [9.17, 15) is 0 Å². The van der Waals surface area contributed by atoms with Crippen LogP contribution in [0.4, 0.5) is 5.82 Å². The predicted molar refractivity (Wildman–Crippen MR) is 99.6 cm³/mol. The molecule has 0 radical (unpaired) electrons. The smallest absolute Gasteiger partial charge is 0.182 e. The van der Waals surface area contributed by atoms with E-state index in [1.807, 2.05) is 36.5 Å². The molecule has 0 aliphatic rings. The third kappa shape index (κ3) is 2.37. The van der Waals surface area contributed by atoms with Crippen molar-refractivity contribution >= 4 is 22.5 Å². The number of fused-ring (bicyclic) bond motifs is 2. The molecule has 0 aliphatic heterocycles. The molecule has 0 saturated carbocycles. The number of nitrogens with one attached hydrogen (secondary N) is 2. The highest BCUT2D eigenvalue weighted by Gasteiger charge is 2.14. The first-order chi connectivity index (χ1) is 12.9. The van der Waals surface area contributed by atoms with Gasteiger partial charge in [0.15, 0.2) is 11.5 Å². The SMILES string of the molecule is c1ccc(-c2c(CNc3ncnc4nc[nH]c34)cc3ccccn23)nc1. The number of aromatic amines is 1. The fraction of sp³-hybridized carbons (Fsp3) is 0.0526. The summed E-state index contributed by atoms with van der Waals surface area (Å²) in [6, 6.07) is 14.3. The third-order valence-corrected chi connectivity index (χ3v) is 4.34. The highest BCUT2D eigenvalue weighted by atomic mass is 15.1. The van der Waals surface area contributed by atoms with Crippen LogP contribution in [-0.2, 0) is 6.54 Å². The Morgan fingerprint density at radius 1 is 1.00 bits per heavy atom. The minimum absolute atomic E-state index is 0.610. The lowest BCUT2D eigenvalue weighted by molar-refractivity contribution is 1.08. The molecule has 0 unspecified atom stereocenters. The zero-order chi connectivity index (χ0) is 17.3. The third-order valence-electron chi connectivity index (χ3n) is 4.34. The highest BCUT2D eigenvalue weighted by molar-refractivity contribution is 5.82. The van der Waals surface area contributed by atoms with Gasteiger partial charge >= 0.3 is 0 Å². The number of nitrogens with zero attached hydrogens (tertiary/aromatic N) is 5. The van der Waals surface area contributed by atoms with Gasteiger partial charge in [0.25, 0.3) is 0 Å². The van der Waals surface area contributed by atoms with Crippen LogP contribution in [0.3, 0.4) is 0 Å². The molecule has 0 fully saturated rings. The van der Waals surface area contributed by atoms with Gasteiger partial charge in [0.05, 0.1) is 17.7 Å². The second-order valence-electron chi connectivity index (χ2n) is 5.91.